The Morgan fingerprint density at radius 1 is 1.62 bits per heavy atom. The number of morpholine rings is 1. The van der Waals surface area contributed by atoms with Crippen LogP contribution in [-0.2, 0) is 4.74 Å². The summed E-state index contributed by atoms with van der Waals surface area (Å²) in [4.78, 5) is 7.92. The molecule has 1 aromatic rings. The maximum atomic E-state index is 5.51. The number of nitrogen functional groups attached to an aromatic ring is 1. The molecule has 3 N–H and O–H groups in total. The van der Waals surface area contributed by atoms with E-state index in [9.17, 15) is 0 Å². The van der Waals surface area contributed by atoms with Gasteiger partial charge in [0.15, 0.2) is 0 Å². The van der Waals surface area contributed by atoms with E-state index in [0.29, 0.717) is 12.6 Å². The minimum atomic E-state index is 0.0130. The van der Waals surface area contributed by atoms with Crippen LogP contribution in [-0.4, -0.2) is 29.7 Å². The highest BCUT2D eigenvalue weighted by Gasteiger charge is 2.16. The number of nitrogens with zero attached hydrogens (tertiary/aromatic N) is 2. The first kappa shape index (κ1) is 8.40. The zero-order valence-electron chi connectivity index (χ0n) is 7.23. The zero-order valence-corrected chi connectivity index (χ0v) is 7.23. The quantitative estimate of drug-likeness (QED) is 0.621. The second kappa shape index (κ2) is 3.68. The molecule has 1 aliphatic rings. The summed E-state index contributed by atoms with van der Waals surface area (Å²) in [6, 6.07) is 1.83. The lowest BCUT2D eigenvalue weighted by Crippen LogP contribution is -2.33. The zero-order chi connectivity index (χ0) is 9.10. The molecule has 13 heavy (non-hydrogen) atoms. The fourth-order valence-corrected chi connectivity index (χ4v) is 1.32. The van der Waals surface area contributed by atoms with Crippen LogP contribution in [0.1, 0.15) is 11.8 Å². The third-order valence-electron chi connectivity index (χ3n) is 1.95. The van der Waals surface area contributed by atoms with E-state index in [-0.39, 0.29) is 6.10 Å². The third-order valence-corrected chi connectivity index (χ3v) is 1.95. The predicted octanol–water partition coefficient (Wildman–Crippen LogP) is -0.280. The molecule has 0 spiro atoms. The summed E-state index contributed by atoms with van der Waals surface area (Å²) >= 11 is 0. The molecule has 1 unspecified atom stereocenters. The maximum absolute atomic E-state index is 5.51. The van der Waals surface area contributed by atoms with Crippen LogP contribution >= 0.6 is 0 Å². The molecule has 0 aliphatic carbocycles. The first-order chi connectivity index (χ1) is 6.36. The van der Waals surface area contributed by atoms with E-state index < -0.39 is 0 Å². The predicted molar refractivity (Wildman–Crippen MR) is 48.0 cm³/mol. The average Bonchev–Trinajstić information content (AvgIpc) is 2.19. The number of ether oxygens (including phenoxy) is 1. The highest BCUT2D eigenvalue weighted by Crippen LogP contribution is 2.15. The van der Waals surface area contributed by atoms with Gasteiger partial charge in [-0.25, -0.2) is 9.97 Å². The normalized spacial score (nSPS) is 22.9. The second-order valence-corrected chi connectivity index (χ2v) is 2.90. The standard InChI is InChI=1S/C8H12N4O/c9-8-11-2-1-6(12-8)7-5-10-3-4-13-7/h1-2,7,10H,3-5H2,(H2,9,11,12). The monoisotopic (exact) mass is 180 g/mol. The lowest BCUT2D eigenvalue weighted by molar-refractivity contribution is 0.0250. The first-order valence-corrected chi connectivity index (χ1v) is 4.27. The molecule has 0 saturated carbocycles. The third kappa shape index (κ3) is 1.93. The molecule has 2 rings (SSSR count). The lowest BCUT2D eigenvalue weighted by Gasteiger charge is -2.22. The van der Waals surface area contributed by atoms with Crippen LogP contribution in [0.3, 0.4) is 0 Å². The van der Waals surface area contributed by atoms with Crippen LogP contribution in [0, 0.1) is 0 Å². The number of nitrogens with two attached hydrogens (primary N) is 1. The van der Waals surface area contributed by atoms with Crippen molar-refractivity contribution in [2.75, 3.05) is 25.4 Å². The Morgan fingerprint density at radius 2 is 2.54 bits per heavy atom. The van der Waals surface area contributed by atoms with Gasteiger partial charge in [0, 0.05) is 19.3 Å². The Labute approximate surface area is 76.3 Å². The molecule has 5 heteroatoms. The Balaban J connectivity index is 2.14. The molecule has 0 radical (unpaired) electrons. The van der Waals surface area contributed by atoms with Gasteiger partial charge in [0.05, 0.1) is 12.3 Å². The van der Waals surface area contributed by atoms with Crippen LogP contribution in [0.2, 0.25) is 0 Å². The SMILES string of the molecule is Nc1nccc(C2CNCCO2)n1. The first-order valence-electron chi connectivity index (χ1n) is 4.27. The number of anilines is 1. The fourth-order valence-electron chi connectivity index (χ4n) is 1.32. The molecule has 1 atom stereocenters. The van der Waals surface area contributed by atoms with Gasteiger partial charge < -0.3 is 15.8 Å². The van der Waals surface area contributed by atoms with Crippen molar-refractivity contribution in [3.63, 3.8) is 0 Å². The van der Waals surface area contributed by atoms with Gasteiger partial charge in [-0.15, -0.1) is 0 Å². The van der Waals surface area contributed by atoms with Gasteiger partial charge in [-0.05, 0) is 6.07 Å². The van der Waals surface area contributed by atoms with E-state index in [2.05, 4.69) is 15.3 Å². The van der Waals surface area contributed by atoms with Crippen LogP contribution in [0.25, 0.3) is 0 Å². The van der Waals surface area contributed by atoms with Crippen molar-refractivity contribution >= 4 is 5.95 Å². The van der Waals surface area contributed by atoms with Crippen molar-refractivity contribution in [3.8, 4) is 0 Å². The smallest absolute Gasteiger partial charge is 0.220 e. The van der Waals surface area contributed by atoms with Gasteiger partial charge in [0.1, 0.15) is 6.10 Å². The summed E-state index contributed by atoms with van der Waals surface area (Å²) in [6.07, 6.45) is 1.66. The lowest BCUT2D eigenvalue weighted by atomic mass is 10.2. The van der Waals surface area contributed by atoms with Gasteiger partial charge in [-0.1, -0.05) is 0 Å². The summed E-state index contributed by atoms with van der Waals surface area (Å²) in [6.45, 7) is 2.40. The number of rotatable bonds is 1. The molecule has 1 aromatic heterocycles. The summed E-state index contributed by atoms with van der Waals surface area (Å²) in [7, 11) is 0. The van der Waals surface area contributed by atoms with Crippen LogP contribution in [0.15, 0.2) is 12.3 Å². The molecule has 0 aromatic carbocycles. The minimum Gasteiger partial charge on any atom is -0.369 e. The molecule has 0 amide bonds. The average molecular weight is 180 g/mol. The number of hydrogen-bond acceptors (Lipinski definition) is 5. The minimum absolute atomic E-state index is 0.0130. The van der Waals surface area contributed by atoms with E-state index in [1.165, 1.54) is 0 Å². The van der Waals surface area contributed by atoms with Gasteiger partial charge >= 0.3 is 0 Å². The van der Waals surface area contributed by atoms with E-state index in [1.54, 1.807) is 6.20 Å². The molecule has 1 aliphatic heterocycles. The molecule has 2 heterocycles. The van der Waals surface area contributed by atoms with Crippen molar-refractivity contribution in [1.82, 2.24) is 15.3 Å². The number of nitrogens with one attached hydrogen (secondary N) is 1. The topological polar surface area (TPSA) is 73.1 Å². The summed E-state index contributed by atoms with van der Waals surface area (Å²) < 4.78 is 5.51. The summed E-state index contributed by atoms with van der Waals surface area (Å²) in [5.74, 6) is 0.298. The number of hydrogen-bond donors (Lipinski definition) is 2. The van der Waals surface area contributed by atoms with Crippen molar-refractivity contribution in [2.24, 2.45) is 0 Å². The largest absolute Gasteiger partial charge is 0.369 e. The molecule has 1 saturated heterocycles. The van der Waals surface area contributed by atoms with Crippen molar-refractivity contribution in [3.05, 3.63) is 18.0 Å². The Morgan fingerprint density at radius 3 is 3.23 bits per heavy atom. The second-order valence-electron chi connectivity index (χ2n) is 2.90. The van der Waals surface area contributed by atoms with Gasteiger partial charge in [-0.3, -0.25) is 0 Å². The Hall–Kier alpha value is -1.20. The molecular formula is C8H12N4O. The van der Waals surface area contributed by atoms with Crippen LogP contribution in [0.5, 0.6) is 0 Å². The van der Waals surface area contributed by atoms with Gasteiger partial charge in [0.2, 0.25) is 5.95 Å². The van der Waals surface area contributed by atoms with Crippen LogP contribution < -0.4 is 11.1 Å². The molecule has 5 nitrogen and oxygen atoms in total. The van der Waals surface area contributed by atoms with E-state index in [0.717, 1.165) is 18.8 Å². The highest BCUT2D eigenvalue weighted by atomic mass is 16.5. The van der Waals surface area contributed by atoms with E-state index in [4.69, 9.17) is 10.5 Å². The molecule has 70 valence electrons. The number of aromatic nitrogens is 2. The molecular weight excluding hydrogens is 168 g/mol. The Kier molecular flexibility index (Phi) is 2.37. The highest BCUT2D eigenvalue weighted by molar-refractivity contribution is 5.19. The summed E-state index contributed by atoms with van der Waals surface area (Å²) in [5, 5.41) is 3.23. The maximum Gasteiger partial charge on any atom is 0.220 e. The molecule has 1 fully saturated rings. The molecule has 0 bridgehead atoms. The van der Waals surface area contributed by atoms with Gasteiger partial charge in [0.25, 0.3) is 0 Å². The van der Waals surface area contributed by atoms with E-state index in [1.807, 2.05) is 6.07 Å². The van der Waals surface area contributed by atoms with E-state index >= 15 is 0 Å². The van der Waals surface area contributed by atoms with Crippen LogP contribution in [0.4, 0.5) is 5.95 Å². The van der Waals surface area contributed by atoms with Crippen molar-refractivity contribution < 1.29 is 4.74 Å². The fraction of sp³-hybridized carbons (Fsp3) is 0.500. The van der Waals surface area contributed by atoms with Crippen molar-refractivity contribution in [1.29, 1.82) is 0 Å². The Bertz CT molecular complexity index is 285. The van der Waals surface area contributed by atoms with Crippen molar-refractivity contribution in [2.45, 2.75) is 6.10 Å². The summed E-state index contributed by atoms with van der Waals surface area (Å²) in [5.41, 5.74) is 6.31. The van der Waals surface area contributed by atoms with Gasteiger partial charge in [-0.2, -0.15) is 0 Å².